The molecule has 0 saturated heterocycles. The number of rotatable bonds is 5. The molecule has 4 fully saturated rings. The first-order chi connectivity index (χ1) is 12.9. The van der Waals surface area contributed by atoms with Crippen molar-refractivity contribution in [2.24, 2.45) is 40.2 Å². The Balaban J connectivity index is 1.61. The molecule has 0 aliphatic heterocycles. The average molecular weight is 394 g/mol. The van der Waals surface area contributed by atoms with Gasteiger partial charge in [-0.25, -0.2) is 0 Å². The van der Waals surface area contributed by atoms with Crippen molar-refractivity contribution >= 4 is 17.5 Å². The summed E-state index contributed by atoms with van der Waals surface area (Å²) in [5.74, 6) is 4.96. The van der Waals surface area contributed by atoms with Crippen molar-refractivity contribution < 1.29 is 9.90 Å². The summed E-state index contributed by atoms with van der Waals surface area (Å²) >= 11 is 1.97. The predicted molar refractivity (Wildman–Crippen MR) is 113 cm³/mol. The Bertz CT molecular complexity index is 583. The zero-order valence-corrected chi connectivity index (χ0v) is 18.2. The summed E-state index contributed by atoms with van der Waals surface area (Å²) in [6.07, 6.45) is 10.7. The van der Waals surface area contributed by atoms with Gasteiger partial charge in [-0.05, 0) is 86.3 Å². The first-order valence-electron chi connectivity index (χ1n) is 11.4. The van der Waals surface area contributed by atoms with Crippen LogP contribution in [0.3, 0.4) is 0 Å². The van der Waals surface area contributed by atoms with Gasteiger partial charge in [0.05, 0.1) is 5.60 Å². The molecule has 0 aromatic carbocycles. The van der Waals surface area contributed by atoms with Crippen LogP contribution in [-0.4, -0.2) is 34.5 Å². The highest BCUT2D eigenvalue weighted by Crippen LogP contribution is 2.68. The highest BCUT2D eigenvalue weighted by Gasteiger charge is 2.66. The molecular formula is C23H39NO2S. The maximum Gasteiger partial charge on any atom is 0.140 e. The van der Waals surface area contributed by atoms with Gasteiger partial charge >= 0.3 is 0 Å². The fraction of sp³-hybridized carbons (Fsp3) is 0.957. The van der Waals surface area contributed by atoms with Crippen molar-refractivity contribution in [3.05, 3.63) is 0 Å². The number of hydrogen-bond donors (Lipinski definition) is 2. The van der Waals surface area contributed by atoms with Gasteiger partial charge in [0.1, 0.15) is 5.78 Å². The lowest BCUT2D eigenvalue weighted by atomic mass is 9.42. The largest absolute Gasteiger partial charge is 0.389 e. The number of hydrogen-bond acceptors (Lipinski definition) is 4. The third kappa shape index (κ3) is 2.95. The summed E-state index contributed by atoms with van der Waals surface area (Å²) in [7, 11) is 0. The van der Waals surface area contributed by atoms with Crippen LogP contribution in [0.2, 0.25) is 0 Å². The van der Waals surface area contributed by atoms with Crippen LogP contribution in [0.15, 0.2) is 0 Å². The molecule has 154 valence electrons. The van der Waals surface area contributed by atoms with Crippen LogP contribution in [-0.2, 0) is 4.79 Å². The molecule has 3 N–H and O–H groups in total. The highest BCUT2D eigenvalue weighted by atomic mass is 32.2. The molecule has 4 rings (SSSR count). The molecular weight excluding hydrogens is 354 g/mol. The number of nitrogens with two attached hydrogens (primary N) is 1. The summed E-state index contributed by atoms with van der Waals surface area (Å²) < 4.78 is 0. The molecule has 4 aliphatic rings. The summed E-state index contributed by atoms with van der Waals surface area (Å²) in [4.78, 5) is 13.1. The van der Waals surface area contributed by atoms with Gasteiger partial charge in [0, 0.05) is 17.6 Å². The normalized spacial score (nSPS) is 49.4. The van der Waals surface area contributed by atoms with E-state index in [-0.39, 0.29) is 10.8 Å². The fourth-order valence-corrected chi connectivity index (χ4v) is 9.39. The van der Waals surface area contributed by atoms with Crippen LogP contribution in [0.5, 0.6) is 0 Å². The second-order valence-corrected chi connectivity index (χ2v) is 11.6. The molecule has 0 bridgehead atoms. The number of ketones is 1. The van der Waals surface area contributed by atoms with E-state index in [0.717, 1.165) is 63.0 Å². The minimum atomic E-state index is -0.468. The predicted octanol–water partition coefficient (Wildman–Crippen LogP) is 4.41. The van der Waals surface area contributed by atoms with Gasteiger partial charge < -0.3 is 10.8 Å². The summed E-state index contributed by atoms with van der Waals surface area (Å²) in [6.45, 7) is 5.52. The lowest BCUT2D eigenvalue weighted by molar-refractivity contribution is -0.218. The minimum Gasteiger partial charge on any atom is -0.389 e. The van der Waals surface area contributed by atoms with E-state index in [9.17, 15) is 9.90 Å². The van der Waals surface area contributed by atoms with Gasteiger partial charge in [0.2, 0.25) is 0 Å². The van der Waals surface area contributed by atoms with Crippen molar-refractivity contribution in [2.75, 3.05) is 18.1 Å². The lowest BCUT2D eigenvalue weighted by Crippen LogP contribution is -2.64. The van der Waals surface area contributed by atoms with Crippen molar-refractivity contribution in [3.8, 4) is 0 Å². The Hall–Kier alpha value is -0.0600. The van der Waals surface area contributed by atoms with Crippen LogP contribution < -0.4 is 5.73 Å². The van der Waals surface area contributed by atoms with Gasteiger partial charge in [0.25, 0.3) is 0 Å². The van der Waals surface area contributed by atoms with E-state index >= 15 is 0 Å². The van der Waals surface area contributed by atoms with E-state index in [0.29, 0.717) is 29.5 Å². The molecule has 0 aromatic heterocycles. The Morgan fingerprint density at radius 2 is 1.96 bits per heavy atom. The van der Waals surface area contributed by atoms with E-state index in [1.807, 2.05) is 11.8 Å². The first-order valence-corrected chi connectivity index (χ1v) is 12.6. The van der Waals surface area contributed by atoms with Crippen LogP contribution in [0, 0.1) is 34.5 Å². The Morgan fingerprint density at radius 1 is 1.19 bits per heavy atom. The zero-order valence-electron chi connectivity index (χ0n) is 17.3. The summed E-state index contributed by atoms with van der Waals surface area (Å²) in [5.41, 5.74) is 5.19. The number of carbonyl (C=O) groups excluding carboxylic acids is 1. The smallest absolute Gasteiger partial charge is 0.140 e. The van der Waals surface area contributed by atoms with E-state index in [1.54, 1.807) is 0 Å². The zero-order chi connectivity index (χ0) is 19.3. The maximum absolute atomic E-state index is 13.1. The molecule has 0 aromatic rings. The summed E-state index contributed by atoms with van der Waals surface area (Å²) in [5, 5.41) is 11.6. The maximum atomic E-state index is 13.1. The number of aliphatic hydroxyl groups is 1. The van der Waals surface area contributed by atoms with Gasteiger partial charge in [-0.1, -0.05) is 26.7 Å². The van der Waals surface area contributed by atoms with Crippen LogP contribution >= 0.6 is 11.8 Å². The third-order valence-corrected chi connectivity index (χ3v) is 10.7. The fourth-order valence-electron chi connectivity index (χ4n) is 7.99. The molecule has 4 heteroatoms. The third-order valence-electron chi connectivity index (χ3n) is 9.37. The van der Waals surface area contributed by atoms with Crippen molar-refractivity contribution in [3.63, 3.8) is 0 Å². The molecule has 4 aliphatic carbocycles. The van der Waals surface area contributed by atoms with Crippen molar-refractivity contribution in [2.45, 2.75) is 83.7 Å². The second kappa shape index (κ2) is 7.32. The van der Waals surface area contributed by atoms with Gasteiger partial charge in [-0.3, -0.25) is 4.79 Å². The average Bonchev–Trinajstić information content (AvgIpc) is 2.97. The van der Waals surface area contributed by atoms with E-state index in [4.69, 9.17) is 5.73 Å². The van der Waals surface area contributed by atoms with Gasteiger partial charge in [-0.15, -0.1) is 0 Å². The Kier molecular flexibility index (Phi) is 5.48. The number of carbonyl (C=O) groups is 1. The van der Waals surface area contributed by atoms with Crippen molar-refractivity contribution in [1.82, 2.24) is 0 Å². The van der Waals surface area contributed by atoms with E-state index < -0.39 is 5.60 Å². The molecule has 0 unspecified atom stereocenters. The SMILES string of the molecule is C[C@@H]1C[C@@]2(O)CCCC[C@]2(C)[C@H]2CC[C@]3(CSCCCN)C(=O)CC[C@H]3[C@H]12. The molecule has 0 spiro atoms. The van der Waals surface area contributed by atoms with Crippen LogP contribution in [0.25, 0.3) is 0 Å². The minimum absolute atomic E-state index is 0.0624. The van der Waals surface area contributed by atoms with Crippen LogP contribution in [0.4, 0.5) is 0 Å². The number of fused-ring (bicyclic) bond motifs is 5. The lowest BCUT2D eigenvalue weighted by Gasteiger charge is -2.65. The second-order valence-electron chi connectivity index (χ2n) is 10.5. The standard InChI is InChI=1S/C23H39NO2S/c1-16-14-23(26)10-4-3-9-21(23,2)17-8-11-22(15-27-13-5-12-24)18(20(16)17)6-7-19(22)25/h16-18,20,26H,3-15,24H2,1-2H3/t16-,17+,18+,20-,21-,22-,23+/m1/s1. The quantitative estimate of drug-likeness (QED) is 0.679. The highest BCUT2D eigenvalue weighted by molar-refractivity contribution is 7.99. The molecule has 4 saturated carbocycles. The Labute approximate surface area is 169 Å². The van der Waals surface area contributed by atoms with Crippen LogP contribution in [0.1, 0.15) is 78.1 Å². The summed E-state index contributed by atoms with van der Waals surface area (Å²) in [6, 6.07) is 0. The van der Waals surface area contributed by atoms with E-state index in [1.165, 1.54) is 19.3 Å². The monoisotopic (exact) mass is 393 g/mol. The molecule has 0 radical (unpaired) electrons. The van der Waals surface area contributed by atoms with Gasteiger partial charge in [-0.2, -0.15) is 11.8 Å². The molecule has 0 heterocycles. The van der Waals surface area contributed by atoms with Crippen molar-refractivity contribution in [1.29, 1.82) is 0 Å². The number of Topliss-reactive ketones (excluding diaryl/α,β-unsaturated/α-hetero) is 1. The molecule has 27 heavy (non-hydrogen) atoms. The van der Waals surface area contributed by atoms with E-state index in [2.05, 4.69) is 13.8 Å². The number of thioether (sulfide) groups is 1. The first kappa shape index (κ1) is 20.2. The Morgan fingerprint density at radius 3 is 2.74 bits per heavy atom. The molecule has 0 amide bonds. The topological polar surface area (TPSA) is 63.3 Å². The molecule has 3 nitrogen and oxygen atoms in total. The molecule has 7 atom stereocenters. The van der Waals surface area contributed by atoms with Gasteiger partial charge in [0.15, 0.2) is 0 Å².